The van der Waals surface area contributed by atoms with Crippen LogP contribution in [0.3, 0.4) is 0 Å². The number of hydrogen-bond acceptors (Lipinski definition) is 3. The van der Waals surface area contributed by atoms with Crippen molar-refractivity contribution in [1.29, 1.82) is 0 Å². The molecule has 2 nitrogen and oxygen atoms in total. The molecule has 0 aliphatic carbocycles. The van der Waals surface area contributed by atoms with Gasteiger partial charge in [-0.3, -0.25) is 0 Å². The number of ether oxygens (including phenoxy) is 1. The quantitative estimate of drug-likeness (QED) is 0.860. The average molecular weight is 235 g/mol. The Morgan fingerprint density at radius 1 is 1.38 bits per heavy atom. The third kappa shape index (κ3) is 2.26. The van der Waals surface area contributed by atoms with E-state index in [1.165, 1.54) is 15.6 Å². The van der Waals surface area contributed by atoms with Crippen molar-refractivity contribution in [1.82, 2.24) is 5.32 Å². The first kappa shape index (κ1) is 11.6. The molecule has 0 saturated carbocycles. The van der Waals surface area contributed by atoms with Crippen molar-refractivity contribution in [3.8, 4) is 0 Å². The molecule has 0 radical (unpaired) electrons. The van der Waals surface area contributed by atoms with Crippen LogP contribution in [-0.4, -0.2) is 27.3 Å². The lowest BCUT2D eigenvalue weighted by Crippen LogP contribution is -2.20. The Bertz CT molecular complexity index is 446. The van der Waals surface area contributed by atoms with E-state index in [1.807, 2.05) is 18.4 Å². The standard InChI is InChI=1S/C13H17NOS/c1-14-7-10(8-15-2)12-9-16-13-6-4-3-5-11(12)13/h3-6,9-10,14H,7-8H2,1-2H3. The molecule has 0 bridgehead atoms. The van der Waals surface area contributed by atoms with Gasteiger partial charge in [0.1, 0.15) is 0 Å². The molecule has 1 aromatic carbocycles. The molecule has 0 fully saturated rings. The van der Waals surface area contributed by atoms with Gasteiger partial charge in [-0.25, -0.2) is 0 Å². The summed E-state index contributed by atoms with van der Waals surface area (Å²) in [5.41, 5.74) is 1.40. The van der Waals surface area contributed by atoms with Gasteiger partial charge in [-0.2, -0.15) is 0 Å². The van der Waals surface area contributed by atoms with E-state index >= 15 is 0 Å². The summed E-state index contributed by atoms with van der Waals surface area (Å²) in [6.07, 6.45) is 0. The highest BCUT2D eigenvalue weighted by molar-refractivity contribution is 7.17. The summed E-state index contributed by atoms with van der Waals surface area (Å²) in [5, 5.41) is 6.85. The van der Waals surface area contributed by atoms with Crippen molar-refractivity contribution in [2.75, 3.05) is 27.3 Å². The molecule has 86 valence electrons. The fraction of sp³-hybridized carbons (Fsp3) is 0.385. The molecule has 0 aliphatic heterocycles. The van der Waals surface area contributed by atoms with Crippen molar-refractivity contribution in [2.24, 2.45) is 0 Å². The Labute approximate surface area is 100 Å². The lowest BCUT2D eigenvalue weighted by atomic mass is 9.99. The second kappa shape index (κ2) is 5.43. The second-order valence-electron chi connectivity index (χ2n) is 3.90. The van der Waals surface area contributed by atoms with Crippen molar-refractivity contribution in [2.45, 2.75) is 5.92 Å². The molecular weight excluding hydrogens is 218 g/mol. The van der Waals surface area contributed by atoms with Crippen LogP contribution in [0.5, 0.6) is 0 Å². The highest BCUT2D eigenvalue weighted by Gasteiger charge is 2.14. The van der Waals surface area contributed by atoms with Crippen LogP contribution in [0.1, 0.15) is 11.5 Å². The van der Waals surface area contributed by atoms with Gasteiger partial charge in [0.25, 0.3) is 0 Å². The first-order valence-corrected chi connectivity index (χ1v) is 6.34. The van der Waals surface area contributed by atoms with E-state index in [-0.39, 0.29) is 0 Å². The number of benzene rings is 1. The van der Waals surface area contributed by atoms with Gasteiger partial charge in [-0.05, 0) is 29.4 Å². The van der Waals surface area contributed by atoms with E-state index in [0.717, 1.165) is 13.2 Å². The molecule has 0 spiro atoms. The minimum Gasteiger partial charge on any atom is -0.384 e. The zero-order valence-corrected chi connectivity index (χ0v) is 10.5. The van der Waals surface area contributed by atoms with E-state index in [2.05, 4.69) is 35.0 Å². The van der Waals surface area contributed by atoms with Crippen LogP contribution in [0, 0.1) is 0 Å². The molecule has 3 heteroatoms. The van der Waals surface area contributed by atoms with Crippen molar-refractivity contribution in [3.63, 3.8) is 0 Å². The monoisotopic (exact) mass is 235 g/mol. The summed E-state index contributed by atoms with van der Waals surface area (Å²) in [6, 6.07) is 8.56. The van der Waals surface area contributed by atoms with Gasteiger partial charge in [0.15, 0.2) is 0 Å². The van der Waals surface area contributed by atoms with Crippen LogP contribution in [0.15, 0.2) is 29.6 Å². The number of fused-ring (bicyclic) bond motifs is 1. The molecule has 1 atom stereocenters. The summed E-state index contributed by atoms with van der Waals surface area (Å²) < 4.78 is 6.65. The SMILES string of the molecule is CNCC(COC)c1csc2ccccc12. The molecule has 1 unspecified atom stereocenters. The predicted molar refractivity (Wildman–Crippen MR) is 70.4 cm³/mol. The van der Waals surface area contributed by atoms with Crippen molar-refractivity contribution < 1.29 is 4.74 Å². The van der Waals surface area contributed by atoms with Crippen LogP contribution < -0.4 is 5.32 Å². The molecule has 2 rings (SSSR count). The Kier molecular flexibility index (Phi) is 3.93. The summed E-state index contributed by atoms with van der Waals surface area (Å²) in [5.74, 6) is 0.436. The third-order valence-electron chi connectivity index (χ3n) is 2.77. The van der Waals surface area contributed by atoms with Gasteiger partial charge in [0.2, 0.25) is 0 Å². The van der Waals surface area contributed by atoms with E-state index in [9.17, 15) is 0 Å². The maximum absolute atomic E-state index is 5.29. The van der Waals surface area contributed by atoms with Gasteiger partial charge >= 0.3 is 0 Å². The summed E-state index contributed by atoms with van der Waals surface area (Å²) in [6.45, 7) is 1.72. The molecule has 16 heavy (non-hydrogen) atoms. The second-order valence-corrected chi connectivity index (χ2v) is 4.81. The van der Waals surface area contributed by atoms with E-state index in [4.69, 9.17) is 4.74 Å². The average Bonchev–Trinajstić information content (AvgIpc) is 2.72. The number of methoxy groups -OCH3 is 1. The van der Waals surface area contributed by atoms with E-state index < -0.39 is 0 Å². The fourth-order valence-electron chi connectivity index (χ4n) is 2.02. The lowest BCUT2D eigenvalue weighted by Gasteiger charge is -2.14. The molecular formula is C13H17NOS. The topological polar surface area (TPSA) is 21.3 Å². The van der Waals surface area contributed by atoms with E-state index in [1.54, 1.807) is 7.11 Å². The molecule has 0 aliphatic rings. The molecule has 1 heterocycles. The van der Waals surface area contributed by atoms with Gasteiger partial charge in [0.05, 0.1) is 6.61 Å². The Morgan fingerprint density at radius 3 is 2.94 bits per heavy atom. The maximum atomic E-state index is 5.29. The van der Waals surface area contributed by atoms with Crippen LogP contribution in [0.25, 0.3) is 10.1 Å². The number of rotatable bonds is 5. The highest BCUT2D eigenvalue weighted by atomic mass is 32.1. The van der Waals surface area contributed by atoms with Crippen LogP contribution in [0.2, 0.25) is 0 Å². The Balaban J connectivity index is 2.36. The number of thiophene rings is 1. The van der Waals surface area contributed by atoms with Crippen LogP contribution in [-0.2, 0) is 4.74 Å². The molecule has 1 N–H and O–H groups in total. The van der Waals surface area contributed by atoms with Gasteiger partial charge in [-0.15, -0.1) is 11.3 Å². The first-order valence-electron chi connectivity index (χ1n) is 5.46. The minimum absolute atomic E-state index is 0.436. The number of nitrogens with one attached hydrogen (secondary N) is 1. The van der Waals surface area contributed by atoms with Gasteiger partial charge in [-0.1, -0.05) is 18.2 Å². The van der Waals surface area contributed by atoms with E-state index in [0.29, 0.717) is 5.92 Å². The normalized spacial score (nSPS) is 13.1. The van der Waals surface area contributed by atoms with Crippen molar-refractivity contribution in [3.05, 3.63) is 35.2 Å². The molecule has 1 aromatic heterocycles. The minimum atomic E-state index is 0.436. The zero-order chi connectivity index (χ0) is 11.4. The highest BCUT2D eigenvalue weighted by Crippen LogP contribution is 2.31. The first-order chi connectivity index (χ1) is 7.86. The summed E-state index contributed by atoms with van der Waals surface area (Å²) >= 11 is 1.81. The smallest absolute Gasteiger partial charge is 0.0543 e. The summed E-state index contributed by atoms with van der Waals surface area (Å²) in [4.78, 5) is 0. The molecule has 0 saturated heterocycles. The number of hydrogen-bond donors (Lipinski definition) is 1. The third-order valence-corrected chi connectivity index (χ3v) is 3.75. The fourth-order valence-corrected chi connectivity index (χ4v) is 3.06. The van der Waals surface area contributed by atoms with Crippen LogP contribution in [0.4, 0.5) is 0 Å². The molecule has 2 aromatic rings. The zero-order valence-electron chi connectivity index (χ0n) is 9.69. The Morgan fingerprint density at radius 2 is 2.19 bits per heavy atom. The van der Waals surface area contributed by atoms with Crippen molar-refractivity contribution >= 4 is 21.4 Å². The molecule has 0 amide bonds. The number of likely N-dealkylation sites (N-methyl/N-ethyl adjacent to an activating group) is 1. The maximum Gasteiger partial charge on any atom is 0.0543 e. The van der Waals surface area contributed by atoms with Crippen LogP contribution >= 0.6 is 11.3 Å². The Hall–Kier alpha value is -0.900. The summed E-state index contributed by atoms with van der Waals surface area (Å²) in [7, 11) is 3.74. The predicted octanol–water partition coefficient (Wildman–Crippen LogP) is 2.85. The largest absolute Gasteiger partial charge is 0.384 e. The van der Waals surface area contributed by atoms with Gasteiger partial charge < -0.3 is 10.1 Å². The van der Waals surface area contributed by atoms with Gasteiger partial charge in [0, 0.05) is 24.3 Å². The lowest BCUT2D eigenvalue weighted by molar-refractivity contribution is 0.179.